The van der Waals surface area contributed by atoms with Crippen LogP contribution in [0.1, 0.15) is 5.56 Å². The minimum atomic E-state index is -0.288. The van der Waals surface area contributed by atoms with Gasteiger partial charge in [-0.3, -0.25) is 0 Å². The Balaban J connectivity index is 3.29. The summed E-state index contributed by atoms with van der Waals surface area (Å²) in [5.41, 5.74) is 0.681. The molecular formula is C7H5ClFI2-. The van der Waals surface area contributed by atoms with E-state index in [1.54, 1.807) is 19.1 Å². The van der Waals surface area contributed by atoms with Crippen LogP contribution in [0, 0.1) is 16.3 Å². The third-order valence-electron chi connectivity index (χ3n) is 1.30. The molecule has 0 N–H and O–H groups in total. The molecule has 1 rings (SSSR count). The third-order valence-corrected chi connectivity index (χ3v) is 6.13. The van der Waals surface area contributed by atoms with Crippen LogP contribution >= 0.6 is 30.2 Å². The van der Waals surface area contributed by atoms with Gasteiger partial charge in [-0.25, -0.2) is 0 Å². The molecule has 11 heavy (non-hydrogen) atoms. The molecule has 4 heteroatoms. The van der Waals surface area contributed by atoms with Crippen molar-refractivity contribution in [1.82, 2.24) is 0 Å². The van der Waals surface area contributed by atoms with Crippen molar-refractivity contribution in [3.05, 3.63) is 32.1 Å². The molecule has 0 spiro atoms. The summed E-state index contributed by atoms with van der Waals surface area (Å²) in [6.45, 7) is 1.76. The fraction of sp³-hybridized carbons (Fsp3) is 0.143. The average Bonchev–Trinajstić information content (AvgIpc) is 1.99. The Bertz CT molecular complexity index is 275. The minimum absolute atomic E-state index is 0.125. The van der Waals surface area contributed by atoms with Crippen molar-refractivity contribution in [2.24, 2.45) is 0 Å². The molecule has 1 aromatic rings. The predicted octanol–water partition coefficient (Wildman–Crippen LogP) is 0.396. The standard InChI is InChI=1S/C7H5ClFI2/c1-4-2-3-5(8)7(11-10)6(4)9/h2-3H,1H3/q-1. The van der Waals surface area contributed by atoms with E-state index in [-0.39, 0.29) is 23.0 Å². The normalized spacial score (nSPS) is 10.5. The Kier molecular flexibility index (Phi) is 3.84. The monoisotopic (exact) mass is 397 g/mol. The average molecular weight is 397 g/mol. The molecule has 0 amide bonds. The van der Waals surface area contributed by atoms with E-state index < -0.39 is 0 Å². The van der Waals surface area contributed by atoms with Crippen LogP contribution in [0.25, 0.3) is 0 Å². The molecule has 62 valence electrons. The Labute approximate surface area is 89.9 Å². The second kappa shape index (κ2) is 4.23. The van der Waals surface area contributed by atoms with E-state index in [0.29, 0.717) is 14.2 Å². The van der Waals surface area contributed by atoms with Gasteiger partial charge < -0.3 is 0 Å². The molecule has 0 heterocycles. The van der Waals surface area contributed by atoms with Crippen molar-refractivity contribution in [3.8, 4) is 0 Å². The Morgan fingerprint density at radius 3 is 2.64 bits per heavy atom. The molecule has 0 unspecified atom stereocenters. The van der Waals surface area contributed by atoms with Crippen LogP contribution in [0.5, 0.6) is 0 Å². The molecule has 0 radical (unpaired) electrons. The number of rotatable bonds is 1. The second-order valence-corrected chi connectivity index (χ2v) is 6.69. The van der Waals surface area contributed by atoms with E-state index in [0.717, 1.165) is 0 Å². The van der Waals surface area contributed by atoms with Crippen molar-refractivity contribution in [2.45, 2.75) is 6.92 Å². The van der Waals surface area contributed by atoms with E-state index in [9.17, 15) is 4.39 Å². The van der Waals surface area contributed by atoms with Gasteiger partial charge in [0.15, 0.2) is 0 Å². The van der Waals surface area contributed by atoms with Gasteiger partial charge in [-0.1, -0.05) is 0 Å². The van der Waals surface area contributed by atoms with Crippen LogP contribution in [0.2, 0.25) is 5.02 Å². The molecule has 0 aliphatic heterocycles. The molecule has 0 saturated heterocycles. The van der Waals surface area contributed by atoms with E-state index >= 15 is 0 Å². The SMILES string of the molecule is Cc1ccc(Cl)c([I-]I)c1F. The molecule has 0 aliphatic rings. The first-order valence-electron chi connectivity index (χ1n) is 2.87. The zero-order valence-corrected chi connectivity index (χ0v) is 10.7. The van der Waals surface area contributed by atoms with E-state index in [2.05, 4.69) is 18.6 Å². The Hall–Kier alpha value is 0.900. The van der Waals surface area contributed by atoms with Gasteiger partial charge in [0, 0.05) is 0 Å². The van der Waals surface area contributed by atoms with Gasteiger partial charge in [-0.2, -0.15) is 0 Å². The zero-order valence-electron chi connectivity index (χ0n) is 5.67. The summed E-state index contributed by atoms with van der Waals surface area (Å²) in [5.74, 6) is -0.125. The molecule has 0 bridgehead atoms. The summed E-state index contributed by atoms with van der Waals surface area (Å²) in [6, 6.07) is 3.46. The summed E-state index contributed by atoms with van der Waals surface area (Å²) < 4.78 is 13.9. The molecule has 0 nitrogen and oxygen atoms in total. The van der Waals surface area contributed by atoms with Crippen molar-refractivity contribution in [2.75, 3.05) is 0 Å². The van der Waals surface area contributed by atoms with Gasteiger partial charge in [0.25, 0.3) is 0 Å². The summed E-state index contributed by atoms with van der Waals surface area (Å²) in [6.07, 6.45) is 0. The van der Waals surface area contributed by atoms with Crippen molar-refractivity contribution < 1.29 is 21.6 Å². The first-order valence-corrected chi connectivity index (χ1v) is 10.6. The zero-order chi connectivity index (χ0) is 8.43. The predicted molar refractivity (Wildman–Crippen MR) is 48.9 cm³/mol. The molecule has 0 aromatic heterocycles. The molecule has 1 aromatic carbocycles. The Morgan fingerprint density at radius 1 is 1.55 bits per heavy atom. The second-order valence-electron chi connectivity index (χ2n) is 2.06. The van der Waals surface area contributed by atoms with Crippen LogP contribution in [0.3, 0.4) is 0 Å². The fourth-order valence-electron chi connectivity index (χ4n) is 0.688. The van der Waals surface area contributed by atoms with Gasteiger partial charge in [-0.15, -0.1) is 0 Å². The first-order chi connectivity index (χ1) is 5.16. The number of hydrogen-bond donors (Lipinski definition) is 0. The molecule has 0 atom stereocenters. The molecule has 0 aliphatic carbocycles. The number of benzene rings is 1. The summed E-state index contributed by atoms with van der Waals surface area (Å²) in [7, 11) is 0. The van der Waals surface area contributed by atoms with E-state index in [1.807, 2.05) is 0 Å². The number of halogens is 4. The van der Waals surface area contributed by atoms with Gasteiger partial charge >= 0.3 is 90.9 Å². The number of aryl methyl sites for hydroxylation is 1. The maximum atomic E-state index is 13.2. The first kappa shape index (κ1) is 9.98. The van der Waals surface area contributed by atoms with Crippen molar-refractivity contribution >= 4 is 30.2 Å². The van der Waals surface area contributed by atoms with Gasteiger partial charge in [0.05, 0.1) is 0 Å². The van der Waals surface area contributed by atoms with Crippen LogP contribution < -0.4 is 17.2 Å². The maximum absolute atomic E-state index is 13.2. The summed E-state index contributed by atoms with van der Waals surface area (Å²) in [5, 5.41) is 0.565. The molecule has 0 saturated carbocycles. The van der Waals surface area contributed by atoms with Crippen molar-refractivity contribution in [1.29, 1.82) is 0 Å². The van der Waals surface area contributed by atoms with E-state index in [1.165, 1.54) is 0 Å². The van der Waals surface area contributed by atoms with Crippen LogP contribution in [-0.2, 0) is 0 Å². The van der Waals surface area contributed by atoms with Gasteiger partial charge in [0.2, 0.25) is 0 Å². The third kappa shape index (κ3) is 2.18. The van der Waals surface area contributed by atoms with Crippen LogP contribution in [-0.4, -0.2) is 0 Å². The van der Waals surface area contributed by atoms with Gasteiger partial charge in [-0.05, 0) is 0 Å². The van der Waals surface area contributed by atoms with Crippen LogP contribution in [0.4, 0.5) is 4.39 Å². The van der Waals surface area contributed by atoms with Crippen molar-refractivity contribution in [3.63, 3.8) is 0 Å². The van der Waals surface area contributed by atoms with E-state index in [4.69, 9.17) is 11.6 Å². The summed E-state index contributed by atoms with van der Waals surface area (Å²) >= 11 is 7.70. The van der Waals surface area contributed by atoms with Gasteiger partial charge in [0.1, 0.15) is 0 Å². The topological polar surface area (TPSA) is 0 Å². The summed E-state index contributed by atoms with van der Waals surface area (Å²) in [4.78, 5) is 0. The van der Waals surface area contributed by atoms with Crippen LogP contribution in [0.15, 0.2) is 12.1 Å². The number of hydrogen-bond acceptors (Lipinski definition) is 0. The Morgan fingerprint density at radius 2 is 2.18 bits per heavy atom. The molecular weight excluding hydrogens is 392 g/mol. The molecule has 0 fully saturated rings. The quantitative estimate of drug-likeness (QED) is 0.476. The fourth-order valence-corrected chi connectivity index (χ4v) is 5.53.